The normalized spacial score (nSPS) is 20.9. The maximum Gasteiger partial charge on any atom is 0.270 e. The van der Waals surface area contributed by atoms with Gasteiger partial charge in [-0.15, -0.1) is 11.3 Å². The summed E-state index contributed by atoms with van der Waals surface area (Å²) in [5, 5.41) is 16.4. The molecule has 2 atom stereocenters. The molecule has 3 heterocycles. The van der Waals surface area contributed by atoms with Crippen molar-refractivity contribution in [1.29, 1.82) is 0 Å². The second-order valence-corrected chi connectivity index (χ2v) is 7.54. The van der Waals surface area contributed by atoms with Gasteiger partial charge in [0.1, 0.15) is 5.69 Å². The third-order valence-electron chi connectivity index (χ3n) is 4.37. The van der Waals surface area contributed by atoms with E-state index in [2.05, 4.69) is 20.2 Å². The van der Waals surface area contributed by atoms with Crippen LogP contribution >= 0.6 is 11.3 Å². The van der Waals surface area contributed by atoms with Crippen molar-refractivity contribution in [3.63, 3.8) is 0 Å². The highest BCUT2D eigenvalue weighted by molar-refractivity contribution is 7.09. The molecule has 0 radical (unpaired) electrons. The molecule has 2 N–H and O–H groups in total. The van der Waals surface area contributed by atoms with E-state index in [4.69, 9.17) is 4.74 Å². The van der Waals surface area contributed by atoms with Gasteiger partial charge < -0.3 is 15.2 Å². The number of carbonyl (C=O) groups is 1. The number of aliphatic hydroxyl groups excluding tert-OH is 1. The van der Waals surface area contributed by atoms with Gasteiger partial charge in [0.2, 0.25) is 0 Å². The number of carbonyl (C=O) groups excluding carboxylic acids is 1. The average molecular weight is 376 g/mol. The zero-order chi connectivity index (χ0) is 18.5. The molecule has 0 saturated carbocycles. The Balaban J connectivity index is 1.54. The fourth-order valence-corrected chi connectivity index (χ4v) is 3.70. The van der Waals surface area contributed by atoms with Gasteiger partial charge in [0.25, 0.3) is 5.91 Å². The van der Waals surface area contributed by atoms with Crippen molar-refractivity contribution in [1.82, 2.24) is 20.2 Å². The summed E-state index contributed by atoms with van der Waals surface area (Å²) < 4.78 is 5.05. The first-order chi connectivity index (χ1) is 12.5. The number of methoxy groups -OCH3 is 1. The lowest BCUT2D eigenvalue weighted by Crippen LogP contribution is -2.53. The predicted molar refractivity (Wildman–Crippen MR) is 99.0 cm³/mol. The van der Waals surface area contributed by atoms with Gasteiger partial charge in [-0.05, 0) is 25.5 Å². The summed E-state index contributed by atoms with van der Waals surface area (Å²) in [5.41, 5.74) is 2.07. The van der Waals surface area contributed by atoms with Crippen LogP contribution in [0.1, 0.15) is 33.3 Å². The van der Waals surface area contributed by atoms with Crippen molar-refractivity contribution in [2.45, 2.75) is 38.6 Å². The summed E-state index contributed by atoms with van der Waals surface area (Å²) >= 11 is 1.63. The number of rotatable bonds is 6. The van der Waals surface area contributed by atoms with Gasteiger partial charge in [-0.25, -0.2) is 9.97 Å². The number of aryl methyl sites for hydroxylation is 1. The predicted octanol–water partition coefficient (Wildman–Crippen LogP) is 1.36. The van der Waals surface area contributed by atoms with Crippen LogP contribution in [0.3, 0.4) is 0 Å². The van der Waals surface area contributed by atoms with E-state index >= 15 is 0 Å². The van der Waals surface area contributed by atoms with Crippen LogP contribution in [0.4, 0.5) is 0 Å². The highest BCUT2D eigenvalue weighted by Crippen LogP contribution is 2.16. The van der Waals surface area contributed by atoms with Crippen LogP contribution < -0.4 is 5.32 Å². The molecule has 3 rings (SSSR count). The number of aliphatic hydroxyl groups is 1. The summed E-state index contributed by atoms with van der Waals surface area (Å²) in [6.45, 7) is 4.38. The standard InChI is InChI=1S/C18H24N4O3S/c1-12-19-14(11-26-12)8-22-7-6-15(17(23)9-22)21-18(24)16-5-3-4-13(20-16)10-25-2/h3-5,11,15,17,23H,6-10H2,1-2H3,(H,21,24)/t15-,17-/m1/s1. The first-order valence-corrected chi connectivity index (χ1v) is 9.50. The maximum atomic E-state index is 12.4. The lowest BCUT2D eigenvalue weighted by Gasteiger charge is -2.35. The Labute approximate surface area is 157 Å². The van der Waals surface area contributed by atoms with Gasteiger partial charge in [0.05, 0.1) is 35.1 Å². The van der Waals surface area contributed by atoms with E-state index < -0.39 is 6.10 Å². The Morgan fingerprint density at radius 2 is 2.27 bits per heavy atom. The second-order valence-electron chi connectivity index (χ2n) is 6.48. The number of hydrogen-bond donors (Lipinski definition) is 2. The zero-order valence-electron chi connectivity index (χ0n) is 15.0. The number of likely N-dealkylation sites (tertiary alicyclic amines) is 1. The van der Waals surface area contributed by atoms with Gasteiger partial charge in [-0.2, -0.15) is 0 Å². The molecule has 0 bridgehead atoms. The van der Waals surface area contributed by atoms with Crippen LogP contribution in [0.5, 0.6) is 0 Å². The number of piperidine rings is 1. The highest BCUT2D eigenvalue weighted by Gasteiger charge is 2.29. The number of ether oxygens (including phenoxy) is 1. The van der Waals surface area contributed by atoms with E-state index in [0.717, 1.165) is 23.8 Å². The molecule has 0 aromatic carbocycles. The molecule has 8 heteroatoms. The average Bonchev–Trinajstić information content (AvgIpc) is 3.02. The molecule has 0 aliphatic carbocycles. The quantitative estimate of drug-likeness (QED) is 0.792. The lowest BCUT2D eigenvalue weighted by atomic mass is 10.0. The number of pyridine rings is 1. The number of hydrogen-bond acceptors (Lipinski definition) is 7. The molecule has 2 aromatic rings. The van der Waals surface area contributed by atoms with Gasteiger partial charge in [0.15, 0.2) is 0 Å². The Kier molecular flexibility index (Phi) is 6.31. The minimum absolute atomic E-state index is 0.268. The van der Waals surface area contributed by atoms with Crippen LogP contribution in [-0.4, -0.2) is 58.2 Å². The van der Waals surface area contributed by atoms with E-state index in [1.165, 1.54) is 0 Å². The van der Waals surface area contributed by atoms with Crippen molar-refractivity contribution in [3.05, 3.63) is 45.7 Å². The number of β-amino-alcohol motifs (C(OH)–C–C–N with tert-alkyl or cyclic N) is 1. The van der Waals surface area contributed by atoms with E-state index in [1.54, 1.807) is 30.6 Å². The first-order valence-electron chi connectivity index (χ1n) is 8.62. The van der Waals surface area contributed by atoms with E-state index in [0.29, 0.717) is 31.0 Å². The van der Waals surface area contributed by atoms with E-state index in [9.17, 15) is 9.90 Å². The minimum Gasteiger partial charge on any atom is -0.390 e. The molecule has 2 aromatic heterocycles. The largest absolute Gasteiger partial charge is 0.390 e. The second kappa shape index (κ2) is 8.68. The zero-order valence-corrected chi connectivity index (χ0v) is 15.8. The number of aromatic nitrogens is 2. The van der Waals surface area contributed by atoms with Gasteiger partial charge in [-0.3, -0.25) is 9.69 Å². The third-order valence-corrected chi connectivity index (χ3v) is 5.19. The molecule has 1 amide bonds. The Morgan fingerprint density at radius 1 is 1.42 bits per heavy atom. The topological polar surface area (TPSA) is 87.6 Å². The molecule has 7 nitrogen and oxygen atoms in total. The van der Waals surface area contributed by atoms with Crippen molar-refractivity contribution in [2.75, 3.05) is 20.2 Å². The van der Waals surface area contributed by atoms with Gasteiger partial charge >= 0.3 is 0 Å². The summed E-state index contributed by atoms with van der Waals surface area (Å²) in [4.78, 5) is 23.4. The molecule has 140 valence electrons. The molecule has 1 aliphatic heterocycles. The van der Waals surface area contributed by atoms with Crippen molar-refractivity contribution < 1.29 is 14.6 Å². The SMILES string of the molecule is COCc1cccc(C(=O)N[C@@H]2CCN(Cc3csc(C)n3)C[C@H]2O)n1. The first kappa shape index (κ1) is 18.9. The van der Waals surface area contributed by atoms with Crippen molar-refractivity contribution >= 4 is 17.2 Å². The summed E-state index contributed by atoms with van der Waals surface area (Å²) in [7, 11) is 1.59. The smallest absolute Gasteiger partial charge is 0.270 e. The highest BCUT2D eigenvalue weighted by atomic mass is 32.1. The molecular formula is C18H24N4O3S. The number of nitrogens with one attached hydrogen (secondary N) is 1. The van der Waals surface area contributed by atoms with E-state index in [-0.39, 0.29) is 11.9 Å². The van der Waals surface area contributed by atoms with Crippen LogP contribution in [-0.2, 0) is 17.9 Å². The Morgan fingerprint density at radius 3 is 2.96 bits per heavy atom. The molecule has 26 heavy (non-hydrogen) atoms. The Bertz CT molecular complexity index is 752. The van der Waals surface area contributed by atoms with Crippen LogP contribution in [0.25, 0.3) is 0 Å². The summed E-state index contributed by atoms with van der Waals surface area (Å²) in [5.74, 6) is -0.268. The number of amides is 1. The monoisotopic (exact) mass is 376 g/mol. The summed E-state index contributed by atoms with van der Waals surface area (Å²) in [6.07, 6.45) is 0.0722. The fraction of sp³-hybridized carbons (Fsp3) is 0.500. The third kappa shape index (κ3) is 4.85. The Hall–Kier alpha value is -1.87. The molecule has 1 fully saturated rings. The van der Waals surface area contributed by atoms with E-state index in [1.807, 2.05) is 18.4 Å². The van der Waals surface area contributed by atoms with Crippen molar-refractivity contribution in [2.24, 2.45) is 0 Å². The molecule has 0 unspecified atom stereocenters. The van der Waals surface area contributed by atoms with Gasteiger partial charge in [0, 0.05) is 32.1 Å². The maximum absolute atomic E-state index is 12.4. The number of nitrogens with zero attached hydrogens (tertiary/aromatic N) is 3. The summed E-state index contributed by atoms with van der Waals surface area (Å²) in [6, 6.07) is 4.99. The van der Waals surface area contributed by atoms with Crippen LogP contribution in [0.15, 0.2) is 23.6 Å². The fourth-order valence-electron chi connectivity index (χ4n) is 3.10. The molecule has 1 saturated heterocycles. The molecule has 1 aliphatic rings. The molecular weight excluding hydrogens is 352 g/mol. The minimum atomic E-state index is -0.616. The van der Waals surface area contributed by atoms with Crippen LogP contribution in [0.2, 0.25) is 0 Å². The van der Waals surface area contributed by atoms with Crippen molar-refractivity contribution in [3.8, 4) is 0 Å². The lowest BCUT2D eigenvalue weighted by molar-refractivity contribution is 0.0344. The molecule has 0 spiro atoms. The van der Waals surface area contributed by atoms with Gasteiger partial charge in [-0.1, -0.05) is 6.07 Å². The van der Waals surface area contributed by atoms with Crippen LogP contribution in [0, 0.1) is 6.92 Å². The number of thiazole rings is 1.